The summed E-state index contributed by atoms with van der Waals surface area (Å²) in [5.41, 5.74) is 2.30. The Kier molecular flexibility index (Phi) is 3.58. The van der Waals surface area contributed by atoms with Crippen molar-refractivity contribution in [2.75, 3.05) is 6.61 Å². The second kappa shape index (κ2) is 5.51. The first-order chi connectivity index (χ1) is 9.36. The smallest absolute Gasteiger partial charge is 0.0972 e. The van der Waals surface area contributed by atoms with Gasteiger partial charge in [-0.15, -0.1) is 11.3 Å². The van der Waals surface area contributed by atoms with Crippen molar-refractivity contribution in [1.29, 1.82) is 0 Å². The van der Waals surface area contributed by atoms with Crippen molar-refractivity contribution >= 4 is 22.1 Å². The van der Waals surface area contributed by atoms with Crippen molar-refractivity contribution in [2.24, 2.45) is 0 Å². The van der Waals surface area contributed by atoms with E-state index in [2.05, 4.69) is 47.4 Å². The quantitative estimate of drug-likeness (QED) is 0.787. The highest BCUT2D eigenvalue weighted by atomic mass is 32.1. The molecule has 0 radical (unpaired) electrons. The van der Waals surface area contributed by atoms with Gasteiger partial charge in [0.05, 0.1) is 10.7 Å². The van der Waals surface area contributed by atoms with E-state index < -0.39 is 0 Å². The maximum absolute atomic E-state index is 8.92. The van der Waals surface area contributed by atoms with Crippen molar-refractivity contribution in [3.63, 3.8) is 0 Å². The van der Waals surface area contributed by atoms with E-state index in [0.717, 1.165) is 17.1 Å². The van der Waals surface area contributed by atoms with E-state index >= 15 is 0 Å². The number of aromatic nitrogens is 1. The lowest BCUT2D eigenvalue weighted by atomic mass is 10.0. The van der Waals surface area contributed by atoms with E-state index in [1.807, 2.05) is 5.38 Å². The first-order valence-corrected chi connectivity index (χ1v) is 7.25. The van der Waals surface area contributed by atoms with Crippen LogP contribution in [0.15, 0.2) is 47.8 Å². The van der Waals surface area contributed by atoms with Crippen LogP contribution in [0.5, 0.6) is 0 Å². The van der Waals surface area contributed by atoms with Crippen molar-refractivity contribution in [1.82, 2.24) is 4.98 Å². The zero-order chi connectivity index (χ0) is 13.1. The number of thiazole rings is 1. The van der Waals surface area contributed by atoms with Crippen LogP contribution in [-0.2, 0) is 12.8 Å². The molecule has 2 nitrogen and oxygen atoms in total. The Balaban J connectivity index is 1.92. The second-order valence-electron chi connectivity index (χ2n) is 4.52. The molecular weight excluding hydrogens is 254 g/mol. The van der Waals surface area contributed by atoms with Crippen molar-refractivity contribution in [3.05, 3.63) is 64.1 Å². The molecule has 0 aliphatic heterocycles. The van der Waals surface area contributed by atoms with Crippen molar-refractivity contribution in [2.45, 2.75) is 12.8 Å². The summed E-state index contributed by atoms with van der Waals surface area (Å²) in [6.45, 7) is 0.164. The molecule has 96 valence electrons. The molecule has 0 aliphatic rings. The Hall–Kier alpha value is -1.71. The van der Waals surface area contributed by atoms with Gasteiger partial charge in [-0.3, -0.25) is 0 Å². The summed E-state index contributed by atoms with van der Waals surface area (Å²) in [4.78, 5) is 4.56. The predicted molar refractivity (Wildman–Crippen MR) is 79.7 cm³/mol. The second-order valence-corrected chi connectivity index (χ2v) is 5.46. The minimum atomic E-state index is 0.164. The minimum Gasteiger partial charge on any atom is -0.396 e. The van der Waals surface area contributed by atoms with Crippen LogP contribution in [0, 0.1) is 0 Å². The molecule has 0 aliphatic carbocycles. The molecule has 2 aromatic carbocycles. The summed E-state index contributed by atoms with van der Waals surface area (Å²) in [7, 11) is 0. The van der Waals surface area contributed by atoms with E-state index in [1.165, 1.54) is 16.3 Å². The van der Waals surface area contributed by atoms with Gasteiger partial charge in [-0.1, -0.05) is 42.5 Å². The first-order valence-electron chi connectivity index (χ1n) is 6.37. The SMILES string of the molecule is OCCc1csc(Cc2cccc3ccccc23)n1. The standard InChI is InChI=1S/C16H15NOS/c18-9-8-14-11-19-16(17-14)10-13-6-3-5-12-4-1-2-7-15(12)13/h1-7,11,18H,8-10H2. The number of aliphatic hydroxyl groups is 1. The van der Waals surface area contributed by atoms with Crippen LogP contribution in [0.3, 0.4) is 0 Å². The van der Waals surface area contributed by atoms with E-state index in [4.69, 9.17) is 5.11 Å². The molecule has 1 aromatic heterocycles. The normalized spacial score (nSPS) is 11.0. The summed E-state index contributed by atoms with van der Waals surface area (Å²) in [5.74, 6) is 0. The molecule has 0 saturated carbocycles. The topological polar surface area (TPSA) is 33.1 Å². The Morgan fingerprint density at radius 2 is 1.89 bits per heavy atom. The molecule has 1 N–H and O–H groups in total. The molecule has 1 heterocycles. The maximum Gasteiger partial charge on any atom is 0.0972 e. The summed E-state index contributed by atoms with van der Waals surface area (Å²) in [6.07, 6.45) is 1.50. The highest BCUT2D eigenvalue weighted by molar-refractivity contribution is 7.09. The number of aliphatic hydroxyl groups excluding tert-OH is 1. The van der Waals surface area contributed by atoms with Crippen molar-refractivity contribution in [3.8, 4) is 0 Å². The maximum atomic E-state index is 8.92. The molecule has 0 unspecified atom stereocenters. The number of benzene rings is 2. The largest absolute Gasteiger partial charge is 0.396 e. The number of hydrogen-bond acceptors (Lipinski definition) is 3. The van der Waals surface area contributed by atoms with Gasteiger partial charge in [-0.05, 0) is 16.3 Å². The molecule has 3 aromatic rings. The summed E-state index contributed by atoms with van der Waals surface area (Å²) in [6, 6.07) is 14.8. The molecular formula is C16H15NOS. The van der Waals surface area contributed by atoms with E-state index in [1.54, 1.807) is 11.3 Å². The van der Waals surface area contributed by atoms with Gasteiger partial charge in [0.2, 0.25) is 0 Å². The van der Waals surface area contributed by atoms with Gasteiger partial charge < -0.3 is 5.11 Å². The average molecular weight is 269 g/mol. The Bertz CT molecular complexity index is 685. The van der Waals surface area contributed by atoms with Gasteiger partial charge in [0.15, 0.2) is 0 Å². The number of hydrogen-bond donors (Lipinski definition) is 1. The number of nitrogens with zero attached hydrogens (tertiary/aromatic N) is 1. The van der Waals surface area contributed by atoms with Crippen LogP contribution < -0.4 is 0 Å². The third-order valence-corrected chi connectivity index (χ3v) is 4.09. The summed E-state index contributed by atoms with van der Waals surface area (Å²) < 4.78 is 0. The molecule has 0 atom stereocenters. The third kappa shape index (κ3) is 2.67. The molecule has 0 bridgehead atoms. The molecule has 0 fully saturated rings. The van der Waals surface area contributed by atoms with Crippen LogP contribution >= 0.6 is 11.3 Å². The highest BCUT2D eigenvalue weighted by Gasteiger charge is 2.05. The fourth-order valence-corrected chi connectivity index (χ4v) is 3.12. The van der Waals surface area contributed by atoms with Gasteiger partial charge in [-0.25, -0.2) is 4.98 Å². The predicted octanol–water partition coefficient (Wildman–Crippen LogP) is 3.42. The van der Waals surface area contributed by atoms with Crippen LogP contribution in [-0.4, -0.2) is 16.7 Å². The monoisotopic (exact) mass is 269 g/mol. The van der Waals surface area contributed by atoms with Crippen LogP contribution in [0.1, 0.15) is 16.3 Å². The van der Waals surface area contributed by atoms with E-state index in [0.29, 0.717) is 6.42 Å². The highest BCUT2D eigenvalue weighted by Crippen LogP contribution is 2.22. The summed E-state index contributed by atoms with van der Waals surface area (Å²) >= 11 is 1.67. The summed E-state index contributed by atoms with van der Waals surface area (Å²) in [5, 5.41) is 14.6. The number of rotatable bonds is 4. The van der Waals surface area contributed by atoms with Gasteiger partial charge in [0.25, 0.3) is 0 Å². The van der Waals surface area contributed by atoms with E-state index in [9.17, 15) is 0 Å². The van der Waals surface area contributed by atoms with Crippen LogP contribution in [0.2, 0.25) is 0 Å². The van der Waals surface area contributed by atoms with Crippen LogP contribution in [0.25, 0.3) is 10.8 Å². The van der Waals surface area contributed by atoms with E-state index in [-0.39, 0.29) is 6.61 Å². The fraction of sp³-hybridized carbons (Fsp3) is 0.188. The lowest BCUT2D eigenvalue weighted by Gasteiger charge is -2.04. The molecule has 3 heteroatoms. The zero-order valence-electron chi connectivity index (χ0n) is 10.5. The first kappa shape index (κ1) is 12.3. The van der Waals surface area contributed by atoms with Gasteiger partial charge in [0.1, 0.15) is 0 Å². The zero-order valence-corrected chi connectivity index (χ0v) is 11.4. The minimum absolute atomic E-state index is 0.164. The van der Waals surface area contributed by atoms with Gasteiger partial charge in [0, 0.05) is 24.8 Å². The Morgan fingerprint density at radius 3 is 2.79 bits per heavy atom. The Labute approximate surface area is 116 Å². The van der Waals surface area contributed by atoms with Crippen LogP contribution in [0.4, 0.5) is 0 Å². The molecule has 3 rings (SSSR count). The Morgan fingerprint density at radius 1 is 1.05 bits per heavy atom. The molecule has 0 amide bonds. The lowest BCUT2D eigenvalue weighted by Crippen LogP contribution is -1.93. The van der Waals surface area contributed by atoms with Gasteiger partial charge >= 0.3 is 0 Å². The van der Waals surface area contributed by atoms with Gasteiger partial charge in [-0.2, -0.15) is 0 Å². The average Bonchev–Trinajstić information content (AvgIpc) is 2.87. The molecule has 0 saturated heterocycles. The van der Waals surface area contributed by atoms with Crippen molar-refractivity contribution < 1.29 is 5.11 Å². The molecule has 0 spiro atoms. The fourth-order valence-electron chi connectivity index (χ4n) is 2.27. The third-order valence-electron chi connectivity index (χ3n) is 3.19. The number of fused-ring (bicyclic) bond motifs is 1. The lowest BCUT2D eigenvalue weighted by molar-refractivity contribution is 0.298. The molecule has 19 heavy (non-hydrogen) atoms.